The predicted octanol–water partition coefficient (Wildman–Crippen LogP) is 1.92. The number of amides is 1. The summed E-state index contributed by atoms with van der Waals surface area (Å²) < 4.78 is 0. The Morgan fingerprint density at radius 1 is 1.33 bits per heavy atom. The summed E-state index contributed by atoms with van der Waals surface area (Å²) in [4.78, 5) is 16.0. The zero-order valence-corrected chi connectivity index (χ0v) is 9.98. The standard InChI is InChI=1S/C13H9ClN2O2/c14-9-3-4-10-11(6-9)16-12(17)13(10,18)8-2-1-5-15-7-8/h1-7,18H,(H,16,17). The smallest absolute Gasteiger partial charge is 0.265 e. The van der Waals surface area contributed by atoms with Crippen molar-refractivity contribution in [3.05, 3.63) is 58.9 Å². The van der Waals surface area contributed by atoms with Crippen LogP contribution < -0.4 is 5.32 Å². The van der Waals surface area contributed by atoms with Gasteiger partial charge in [-0.25, -0.2) is 0 Å². The maximum Gasteiger partial charge on any atom is 0.265 e. The third-order valence-electron chi connectivity index (χ3n) is 3.03. The Balaban J connectivity index is 2.23. The Morgan fingerprint density at radius 2 is 2.17 bits per heavy atom. The fourth-order valence-corrected chi connectivity index (χ4v) is 2.31. The lowest BCUT2D eigenvalue weighted by molar-refractivity contribution is -0.129. The molecule has 1 unspecified atom stereocenters. The van der Waals surface area contributed by atoms with E-state index in [0.29, 0.717) is 21.8 Å². The molecule has 0 spiro atoms. The highest BCUT2D eigenvalue weighted by Crippen LogP contribution is 2.41. The lowest BCUT2D eigenvalue weighted by Crippen LogP contribution is -2.35. The molecule has 0 aliphatic carbocycles. The predicted molar refractivity (Wildman–Crippen MR) is 67.3 cm³/mol. The van der Waals surface area contributed by atoms with Crippen LogP contribution in [0.1, 0.15) is 11.1 Å². The molecule has 1 aromatic heterocycles. The van der Waals surface area contributed by atoms with E-state index in [2.05, 4.69) is 10.3 Å². The highest BCUT2D eigenvalue weighted by atomic mass is 35.5. The van der Waals surface area contributed by atoms with Gasteiger partial charge in [-0.1, -0.05) is 23.7 Å². The molecule has 2 aromatic rings. The number of nitrogens with one attached hydrogen (secondary N) is 1. The third kappa shape index (κ3) is 1.43. The molecule has 0 bridgehead atoms. The number of halogens is 1. The first-order chi connectivity index (χ1) is 8.62. The summed E-state index contributed by atoms with van der Waals surface area (Å²) in [6, 6.07) is 8.23. The van der Waals surface area contributed by atoms with Crippen LogP contribution in [0.25, 0.3) is 0 Å². The van der Waals surface area contributed by atoms with Crippen LogP contribution in [0.15, 0.2) is 42.7 Å². The molecule has 0 radical (unpaired) electrons. The lowest BCUT2D eigenvalue weighted by Gasteiger charge is -2.20. The first kappa shape index (κ1) is 11.2. The molecule has 1 aliphatic heterocycles. The SMILES string of the molecule is O=C1Nc2cc(Cl)ccc2C1(O)c1cccnc1. The van der Waals surface area contributed by atoms with E-state index in [4.69, 9.17) is 11.6 Å². The Morgan fingerprint density at radius 3 is 2.89 bits per heavy atom. The van der Waals surface area contributed by atoms with Crippen LogP contribution in [-0.4, -0.2) is 16.0 Å². The van der Waals surface area contributed by atoms with Gasteiger partial charge in [0.1, 0.15) is 0 Å². The molecule has 90 valence electrons. The van der Waals surface area contributed by atoms with E-state index in [1.165, 1.54) is 6.20 Å². The zero-order valence-electron chi connectivity index (χ0n) is 9.22. The molecule has 5 heteroatoms. The molecule has 3 rings (SSSR count). The third-order valence-corrected chi connectivity index (χ3v) is 3.26. The summed E-state index contributed by atoms with van der Waals surface area (Å²) in [5, 5.41) is 13.8. The number of carbonyl (C=O) groups is 1. The second kappa shape index (κ2) is 3.80. The van der Waals surface area contributed by atoms with Gasteiger partial charge >= 0.3 is 0 Å². The topological polar surface area (TPSA) is 62.2 Å². The first-order valence-electron chi connectivity index (χ1n) is 5.37. The number of nitrogens with zero attached hydrogens (tertiary/aromatic N) is 1. The molecule has 0 saturated carbocycles. The fraction of sp³-hybridized carbons (Fsp3) is 0.0769. The Kier molecular flexibility index (Phi) is 2.36. The molecular formula is C13H9ClN2O2. The second-order valence-electron chi connectivity index (χ2n) is 4.10. The average Bonchev–Trinajstić information content (AvgIpc) is 2.63. The maximum atomic E-state index is 12.0. The summed E-state index contributed by atoms with van der Waals surface area (Å²) in [5.74, 6) is -0.493. The minimum atomic E-state index is -1.70. The van der Waals surface area contributed by atoms with Crippen LogP contribution in [-0.2, 0) is 10.4 Å². The van der Waals surface area contributed by atoms with Gasteiger partial charge in [0, 0.05) is 34.2 Å². The number of anilines is 1. The normalized spacial score (nSPS) is 21.6. The number of fused-ring (bicyclic) bond motifs is 1. The summed E-state index contributed by atoms with van der Waals surface area (Å²) >= 11 is 5.86. The number of aliphatic hydroxyl groups is 1. The summed E-state index contributed by atoms with van der Waals surface area (Å²) in [5.41, 5.74) is -0.249. The van der Waals surface area contributed by atoms with E-state index >= 15 is 0 Å². The molecule has 0 fully saturated rings. The van der Waals surface area contributed by atoms with Gasteiger partial charge in [0.15, 0.2) is 5.60 Å². The van der Waals surface area contributed by atoms with Crippen molar-refractivity contribution >= 4 is 23.2 Å². The van der Waals surface area contributed by atoms with Gasteiger partial charge in [-0.05, 0) is 18.2 Å². The van der Waals surface area contributed by atoms with Crippen LogP contribution in [0.5, 0.6) is 0 Å². The van der Waals surface area contributed by atoms with Crippen LogP contribution in [0, 0.1) is 0 Å². The van der Waals surface area contributed by atoms with Crippen molar-refractivity contribution in [2.24, 2.45) is 0 Å². The second-order valence-corrected chi connectivity index (χ2v) is 4.53. The largest absolute Gasteiger partial charge is 0.372 e. The quantitative estimate of drug-likeness (QED) is 0.824. The molecular weight excluding hydrogens is 252 g/mol. The highest BCUT2D eigenvalue weighted by molar-refractivity contribution is 6.31. The molecule has 4 nitrogen and oxygen atoms in total. The van der Waals surface area contributed by atoms with Crippen molar-refractivity contribution < 1.29 is 9.90 Å². The number of hydrogen-bond acceptors (Lipinski definition) is 3. The number of rotatable bonds is 1. The van der Waals surface area contributed by atoms with E-state index in [1.807, 2.05) is 0 Å². The van der Waals surface area contributed by atoms with Gasteiger partial charge in [-0.15, -0.1) is 0 Å². The number of benzene rings is 1. The van der Waals surface area contributed by atoms with Gasteiger partial charge < -0.3 is 10.4 Å². The van der Waals surface area contributed by atoms with Gasteiger partial charge in [0.25, 0.3) is 5.91 Å². The minimum Gasteiger partial charge on any atom is -0.372 e. The monoisotopic (exact) mass is 260 g/mol. The lowest BCUT2D eigenvalue weighted by atomic mass is 9.89. The molecule has 0 saturated heterocycles. The Bertz CT molecular complexity index is 630. The fourth-order valence-electron chi connectivity index (χ4n) is 2.13. The number of aromatic nitrogens is 1. The molecule has 1 aromatic carbocycles. The molecule has 1 atom stereocenters. The van der Waals surface area contributed by atoms with Gasteiger partial charge in [0.05, 0.1) is 0 Å². The van der Waals surface area contributed by atoms with Crippen LogP contribution in [0.3, 0.4) is 0 Å². The summed E-state index contributed by atoms with van der Waals surface area (Å²) in [6.07, 6.45) is 3.06. The van der Waals surface area contributed by atoms with E-state index in [1.54, 1.807) is 36.5 Å². The summed E-state index contributed by atoms with van der Waals surface area (Å²) in [6.45, 7) is 0. The van der Waals surface area contributed by atoms with Crippen LogP contribution >= 0.6 is 11.6 Å². The summed E-state index contributed by atoms with van der Waals surface area (Å²) in [7, 11) is 0. The van der Waals surface area contributed by atoms with Crippen molar-refractivity contribution in [3.8, 4) is 0 Å². The molecule has 2 heterocycles. The average molecular weight is 261 g/mol. The number of pyridine rings is 1. The van der Waals surface area contributed by atoms with Crippen molar-refractivity contribution in [3.63, 3.8) is 0 Å². The van der Waals surface area contributed by atoms with E-state index in [9.17, 15) is 9.90 Å². The van der Waals surface area contributed by atoms with Crippen LogP contribution in [0.4, 0.5) is 5.69 Å². The van der Waals surface area contributed by atoms with Gasteiger partial charge in [-0.2, -0.15) is 0 Å². The number of carbonyl (C=O) groups excluding carboxylic acids is 1. The molecule has 18 heavy (non-hydrogen) atoms. The first-order valence-corrected chi connectivity index (χ1v) is 5.74. The van der Waals surface area contributed by atoms with Gasteiger partial charge in [-0.3, -0.25) is 9.78 Å². The minimum absolute atomic E-state index is 0.434. The Labute approximate surface area is 108 Å². The van der Waals surface area contributed by atoms with Crippen molar-refractivity contribution in [1.82, 2.24) is 4.98 Å². The maximum absolute atomic E-state index is 12.0. The van der Waals surface area contributed by atoms with Gasteiger partial charge in [0.2, 0.25) is 0 Å². The van der Waals surface area contributed by atoms with Crippen molar-refractivity contribution in [2.45, 2.75) is 5.60 Å². The highest BCUT2D eigenvalue weighted by Gasteiger charge is 2.46. The number of hydrogen-bond donors (Lipinski definition) is 2. The van der Waals surface area contributed by atoms with Crippen LogP contribution in [0.2, 0.25) is 5.02 Å². The Hall–Kier alpha value is -1.91. The molecule has 2 N–H and O–H groups in total. The van der Waals surface area contributed by atoms with Crippen molar-refractivity contribution in [2.75, 3.05) is 5.32 Å². The van der Waals surface area contributed by atoms with E-state index in [0.717, 1.165) is 0 Å². The van der Waals surface area contributed by atoms with E-state index in [-0.39, 0.29) is 0 Å². The zero-order chi connectivity index (χ0) is 12.8. The molecule has 1 aliphatic rings. The molecule has 1 amide bonds. The van der Waals surface area contributed by atoms with E-state index < -0.39 is 11.5 Å². The van der Waals surface area contributed by atoms with Crippen molar-refractivity contribution in [1.29, 1.82) is 0 Å².